The fourth-order valence-corrected chi connectivity index (χ4v) is 4.21. The van der Waals surface area contributed by atoms with E-state index in [4.69, 9.17) is 4.74 Å². The van der Waals surface area contributed by atoms with E-state index in [1.807, 2.05) is 24.3 Å². The molecule has 2 aromatic heterocycles. The fourth-order valence-electron chi connectivity index (χ4n) is 4.21. The number of amides is 1. The second-order valence-corrected chi connectivity index (χ2v) is 9.40. The van der Waals surface area contributed by atoms with E-state index in [9.17, 15) is 4.79 Å². The van der Waals surface area contributed by atoms with E-state index in [0.29, 0.717) is 29.0 Å². The summed E-state index contributed by atoms with van der Waals surface area (Å²) >= 11 is 0. The van der Waals surface area contributed by atoms with Gasteiger partial charge < -0.3 is 26.0 Å². The number of nitrogens with zero attached hydrogens (tertiary/aromatic N) is 3. The highest BCUT2D eigenvalue weighted by atomic mass is 16.5. The molecule has 9 heteroatoms. The quantitative estimate of drug-likeness (QED) is 0.392. The predicted octanol–water partition coefficient (Wildman–Crippen LogP) is 3.83. The molecule has 1 aromatic carbocycles. The maximum atomic E-state index is 12.9. The lowest BCUT2D eigenvalue weighted by molar-refractivity contribution is 0.0951. The number of hydrogen-bond donors (Lipinski definition) is 4. The van der Waals surface area contributed by atoms with Crippen molar-refractivity contribution in [3.05, 3.63) is 59.3 Å². The minimum Gasteiger partial charge on any atom is -0.474 e. The van der Waals surface area contributed by atoms with Crippen molar-refractivity contribution in [1.29, 1.82) is 0 Å². The van der Waals surface area contributed by atoms with E-state index >= 15 is 0 Å². The molecule has 9 nitrogen and oxygen atoms in total. The molecule has 1 amide bonds. The summed E-state index contributed by atoms with van der Waals surface area (Å²) in [7, 11) is 0. The molecule has 0 spiro atoms. The maximum Gasteiger partial charge on any atom is 0.256 e. The third-order valence-electron chi connectivity index (χ3n) is 6.60. The monoisotopic (exact) mass is 471 g/mol. The number of hydrogen-bond acceptors (Lipinski definition) is 8. The highest BCUT2D eigenvalue weighted by Gasteiger charge is 2.26. The Kier molecular flexibility index (Phi) is 5.91. The van der Waals surface area contributed by atoms with Crippen molar-refractivity contribution in [2.45, 2.75) is 57.2 Å². The van der Waals surface area contributed by atoms with Crippen molar-refractivity contribution in [3.63, 3.8) is 0 Å². The average Bonchev–Trinajstić information content (AvgIpc) is 3.66. The summed E-state index contributed by atoms with van der Waals surface area (Å²) in [6.45, 7) is 1.85. The molecule has 0 radical (unpaired) electrons. The first-order valence-electron chi connectivity index (χ1n) is 12.4. The van der Waals surface area contributed by atoms with Crippen molar-refractivity contribution in [3.8, 4) is 5.88 Å². The van der Waals surface area contributed by atoms with Crippen molar-refractivity contribution < 1.29 is 9.53 Å². The lowest BCUT2D eigenvalue weighted by Crippen LogP contribution is -2.27. The van der Waals surface area contributed by atoms with Crippen LogP contribution in [0, 0.1) is 0 Å². The molecule has 1 aliphatic heterocycles. The second kappa shape index (κ2) is 9.50. The van der Waals surface area contributed by atoms with Crippen LogP contribution in [0.1, 0.15) is 53.6 Å². The topological polar surface area (TPSA) is 113 Å². The zero-order chi connectivity index (χ0) is 23.6. The summed E-state index contributed by atoms with van der Waals surface area (Å²) in [5.41, 5.74) is 3.92. The van der Waals surface area contributed by atoms with Gasteiger partial charge in [-0.25, -0.2) is 4.98 Å². The third kappa shape index (κ3) is 5.19. The Labute approximate surface area is 204 Å². The van der Waals surface area contributed by atoms with Crippen molar-refractivity contribution in [1.82, 2.24) is 25.6 Å². The van der Waals surface area contributed by atoms with Gasteiger partial charge in [-0.3, -0.25) is 4.79 Å². The Morgan fingerprint density at radius 1 is 1.03 bits per heavy atom. The number of rotatable bonds is 8. The minimum atomic E-state index is -0.191. The number of fused-ring (bicyclic) bond motifs is 1. The molecular formula is C26H29N7O2. The van der Waals surface area contributed by atoms with Crippen LogP contribution in [0.3, 0.4) is 0 Å². The molecule has 180 valence electrons. The van der Waals surface area contributed by atoms with Crippen LogP contribution in [-0.2, 0) is 13.0 Å². The Morgan fingerprint density at radius 3 is 2.77 bits per heavy atom. The smallest absolute Gasteiger partial charge is 0.256 e. The highest BCUT2D eigenvalue weighted by molar-refractivity contribution is 5.99. The SMILES string of the molecule is O=C(NC1CC1)c1cnc(Nc2ccc3c(c2)CNCC3)nc1Nc1cccc(OC2CCC2)n1. The molecule has 0 bridgehead atoms. The van der Waals surface area contributed by atoms with Crippen molar-refractivity contribution >= 4 is 29.2 Å². The molecule has 3 aliphatic rings. The van der Waals surface area contributed by atoms with Crippen LogP contribution in [0.15, 0.2) is 42.6 Å². The van der Waals surface area contributed by atoms with E-state index in [1.54, 1.807) is 6.20 Å². The number of aromatic nitrogens is 3. The van der Waals surface area contributed by atoms with Gasteiger partial charge in [-0.05, 0) is 74.4 Å². The number of pyridine rings is 1. The van der Waals surface area contributed by atoms with Crippen molar-refractivity contribution in [2.75, 3.05) is 17.2 Å². The van der Waals surface area contributed by atoms with Gasteiger partial charge in [0, 0.05) is 30.5 Å². The summed E-state index contributed by atoms with van der Waals surface area (Å²) < 4.78 is 5.93. The van der Waals surface area contributed by atoms with Crippen LogP contribution in [0.2, 0.25) is 0 Å². The third-order valence-corrected chi connectivity index (χ3v) is 6.60. The van der Waals surface area contributed by atoms with Gasteiger partial charge in [-0.15, -0.1) is 0 Å². The first-order valence-corrected chi connectivity index (χ1v) is 12.4. The molecule has 4 N–H and O–H groups in total. The zero-order valence-electron chi connectivity index (χ0n) is 19.5. The van der Waals surface area contributed by atoms with Crippen LogP contribution in [-0.4, -0.2) is 39.5 Å². The summed E-state index contributed by atoms with van der Waals surface area (Å²) in [6.07, 6.45) is 8.15. The van der Waals surface area contributed by atoms with Gasteiger partial charge in [0.2, 0.25) is 11.8 Å². The average molecular weight is 472 g/mol. The normalized spacial score (nSPS) is 17.1. The molecule has 0 saturated heterocycles. The number of carbonyl (C=O) groups excluding carboxylic acids is 1. The number of benzene rings is 1. The van der Waals surface area contributed by atoms with Gasteiger partial charge in [0.25, 0.3) is 5.91 Å². The van der Waals surface area contributed by atoms with Gasteiger partial charge in [0.05, 0.1) is 0 Å². The molecule has 35 heavy (non-hydrogen) atoms. The summed E-state index contributed by atoms with van der Waals surface area (Å²) in [5, 5.41) is 12.9. The van der Waals surface area contributed by atoms with E-state index < -0.39 is 0 Å². The minimum absolute atomic E-state index is 0.191. The standard InChI is InChI=1S/C26H29N7O2/c34-25(29-18-9-10-18)21-15-28-26(30-19-8-7-16-11-12-27-14-17(16)13-19)33-24(21)32-22-5-2-6-23(31-22)35-20-3-1-4-20/h2,5-8,13,15,18,20,27H,1,3-4,9-12,14H2,(H,29,34)(H2,28,30,31,32,33). The van der Waals surface area contributed by atoms with E-state index in [-0.39, 0.29) is 18.1 Å². The number of carbonyl (C=O) groups is 1. The first-order chi connectivity index (χ1) is 17.2. The molecule has 0 unspecified atom stereocenters. The predicted molar refractivity (Wildman–Crippen MR) is 133 cm³/mol. The van der Waals surface area contributed by atoms with Gasteiger partial charge >= 0.3 is 0 Å². The Balaban J connectivity index is 1.25. The molecule has 6 rings (SSSR count). The zero-order valence-corrected chi connectivity index (χ0v) is 19.5. The van der Waals surface area contributed by atoms with Gasteiger partial charge in [0.1, 0.15) is 23.3 Å². The van der Waals surface area contributed by atoms with E-state index in [0.717, 1.165) is 50.9 Å². The molecule has 3 aromatic rings. The van der Waals surface area contributed by atoms with Crippen LogP contribution in [0.25, 0.3) is 0 Å². The van der Waals surface area contributed by atoms with Gasteiger partial charge in [-0.1, -0.05) is 12.1 Å². The lowest BCUT2D eigenvalue weighted by Gasteiger charge is -2.25. The van der Waals surface area contributed by atoms with Crippen LogP contribution >= 0.6 is 0 Å². The summed E-state index contributed by atoms with van der Waals surface area (Å²) in [6, 6.07) is 12.1. The fraction of sp³-hybridized carbons (Fsp3) is 0.385. The molecule has 2 fully saturated rings. The molecule has 0 atom stereocenters. The number of anilines is 4. The Bertz CT molecular complexity index is 1240. The summed E-state index contributed by atoms with van der Waals surface area (Å²) in [5.74, 6) is 1.74. The van der Waals surface area contributed by atoms with Crippen LogP contribution < -0.4 is 26.0 Å². The largest absolute Gasteiger partial charge is 0.474 e. The molecular weight excluding hydrogens is 442 g/mol. The first kappa shape index (κ1) is 21.8. The number of nitrogens with one attached hydrogen (secondary N) is 4. The molecule has 2 aliphatic carbocycles. The lowest BCUT2D eigenvalue weighted by atomic mass is 9.96. The highest BCUT2D eigenvalue weighted by Crippen LogP contribution is 2.27. The number of ether oxygens (including phenoxy) is 1. The molecule has 3 heterocycles. The van der Waals surface area contributed by atoms with Crippen LogP contribution in [0.4, 0.5) is 23.3 Å². The Hall–Kier alpha value is -3.72. The second-order valence-electron chi connectivity index (χ2n) is 9.40. The van der Waals surface area contributed by atoms with Gasteiger partial charge in [0.15, 0.2) is 0 Å². The van der Waals surface area contributed by atoms with Crippen molar-refractivity contribution in [2.24, 2.45) is 0 Å². The van der Waals surface area contributed by atoms with E-state index in [2.05, 4.69) is 48.4 Å². The summed E-state index contributed by atoms with van der Waals surface area (Å²) in [4.78, 5) is 26.5. The van der Waals surface area contributed by atoms with E-state index in [1.165, 1.54) is 17.5 Å². The van der Waals surface area contributed by atoms with Crippen LogP contribution in [0.5, 0.6) is 5.88 Å². The maximum absolute atomic E-state index is 12.9. The van der Waals surface area contributed by atoms with Gasteiger partial charge in [-0.2, -0.15) is 9.97 Å². The molecule has 2 saturated carbocycles. The Morgan fingerprint density at radius 2 is 1.94 bits per heavy atom.